The van der Waals surface area contributed by atoms with Gasteiger partial charge in [-0.25, -0.2) is 0 Å². The average Bonchev–Trinajstić information content (AvgIpc) is 3.62. The first-order valence-electron chi connectivity index (χ1n) is 12.0. The number of ether oxygens (including phenoxy) is 1. The van der Waals surface area contributed by atoms with Crippen LogP contribution in [0.1, 0.15) is 50.4 Å². The third kappa shape index (κ3) is 6.06. The normalized spacial score (nSPS) is 14.6. The highest BCUT2D eigenvalue weighted by Crippen LogP contribution is 2.21. The van der Waals surface area contributed by atoms with E-state index < -0.39 is 6.04 Å². The maximum atomic E-state index is 13.5. The molecule has 1 N–H and O–H groups in total. The van der Waals surface area contributed by atoms with Crippen molar-refractivity contribution in [2.24, 2.45) is 0 Å². The minimum atomic E-state index is -0.610. The number of carbonyl (C=O) groups is 2. The molecule has 0 aliphatic heterocycles. The summed E-state index contributed by atoms with van der Waals surface area (Å²) in [6.45, 7) is 3.88. The molecule has 35 heavy (non-hydrogen) atoms. The van der Waals surface area contributed by atoms with Gasteiger partial charge in [0.2, 0.25) is 17.6 Å². The SMILES string of the molecule is CCC(C(=O)NC1CCCC1)N(Cc1ccc(OC)cc1)C(=O)Cn1nnc(-c2ccc(C)o2)n1. The predicted octanol–water partition coefficient (Wildman–Crippen LogP) is 3.12. The van der Waals surface area contributed by atoms with Crippen LogP contribution in [0.15, 0.2) is 40.8 Å². The van der Waals surface area contributed by atoms with E-state index >= 15 is 0 Å². The zero-order valence-electron chi connectivity index (χ0n) is 20.4. The van der Waals surface area contributed by atoms with E-state index in [4.69, 9.17) is 9.15 Å². The molecular weight excluding hydrogens is 448 g/mol. The van der Waals surface area contributed by atoms with E-state index in [9.17, 15) is 9.59 Å². The first-order valence-corrected chi connectivity index (χ1v) is 12.0. The zero-order chi connectivity index (χ0) is 24.8. The van der Waals surface area contributed by atoms with Crippen LogP contribution >= 0.6 is 0 Å². The van der Waals surface area contributed by atoms with Gasteiger partial charge in [-0.05, 0) is 61.2 Å². The molecule has 1 saturated carbocycles. The summed E-state index contributed by atoms with van der Waals surface area (Å²) in [4.78, 5) is 29.6. The number of aryl methyl sites for hydroxylation is 1. The third-order valence-electron chi connectivity index (χ3n) is 6.29. The van der Waals surface area contributed by atoms with Gasteiger partial charge in [-0.3, -0.25) is 9.59 Å². The van der Waals surface area contributed by atoms with E-state index in [-0.39, 0.29) is 30.9 Å². The second kappa shape index (κ2) is 11.2. The van der Waals surface area contributed by atoms with Crippen LogP contribution in [0.4, 0.5) is 0 Å². The molecule has 0 bridgehead atoms. The number of nitrogens with one attached hydrogen (secondary N) is 1. The molecule has 1 aliphatic carbocycles. The van der Waals surface area contributed by atoms with Crippen LogP contribution in [0, 0.1) is 6.92 Å². The van der Waals surface area contributed by atoms with Crippen LogP contribution in [0.2, 0.25) is 0 Å². The van der Waals surface area contributed by atoms with Gasteiger partial charge in [0.15, 0.2) is 5.76 Å². The lowest BCUT2D eigenvalue weighted by atomic mass is 10.1. The van der Waals surface area contributed by atoms with E-state index in [1.807, 2.05) is 44.2 Å². The van der Waals surface area contributed by atoms with E-state index in [0.29, 0.717) is 18.0 Å². The number of nitrogens with zero attached hydrogens (tertiary/aromatic N) is 5. The molecule has 0 spiro atoms. The topological polar surface area (TPSA) is 115 Å². The first-order chi connectivity index (χ1) is 17.0. The Hall–Kier alpha value is -3.69. The highest BCUT2D eigenvalue weighted by Gasteiger charge is 2.31. The quantitative estimate of drug-likeness (QED) is 0.474. The summed E-state index contributed by atoms with van der Waals surface area (Å²) < 4.78 is 10.8. The second-order valence-electron chi connectivity index (χ2n) is 8.84. The van der Waals surface area contributed by atoms with Gasteiger partial charge in [0.1, 0.15) is 24.1 Å². The maximum Gasteiger partial charge on any atom is 0.247 e. The van der Waals surface area contributed by atoms with Crippen molar-refractivity contribution in [1.82, 2.24) is 30.4 Å². The fourth-order valence-corrected chi connectivity index (χ4v) is 4.39. The van der Waals surface area contributed by atoms with Gasteiger partial charge in [-0.15, -0.1) is 10.2 Å². The Morgan fingerprint density at radius 2 is 1.94 bits per heavy atom. The fourth-order valence-electron chi connectivity index (χ4n) is 4.39. The molecule has 1 aromatic carbocycles. The molecule has 2 amide bonds. The van der Waals surface area contributed by atoms with Gasteiger partial charge in [0.05, 0.1) is 7.11 Å². The van der Waals surface area contributed by atoms with Crippen molar-refractivity contribution in [1.29, 1.82) is 0 Å². The highest BCUT2D eigenvalue weighted by molar-refractivity contribution is 5.87. The molecule has 1 fully saturated rings. The van der Waals surface area contributed by atoms with Crippen LogP contribution in [-0.4, -0.2) is 56.1 Å². The molecule has 3 aromatic rings. The van der Waals surface area contributed by atoms with Crippen LogP contribution in [-0.2, 0) is 22.7 Å². The lowest BCUT2D eigenvalue weighted by Gasteiger charge is -2.31. The Bertz CT molecular complexity index is 1130. The monoisotopic (exact) mass is 480 g/mol. The van der Waals surface area contributed by atoms with Crippen LogP contribution in [0.3, 0.4) is 0 Å². The molecule has 1 aliphatic rings. The van der Waals surface area contributed by atoms with Gasteiger partial charge >= 0.3 is 0 Å². The molecule has 10 heteroatoms. The number of rotatable bonds is 10. The molecule has 0 saturated heterocycles. The van der Waals surface area contributed by atoms with Crippen molar-refractivity contribution < 1.29 is 18.7 Å². The van der Waals surface area contributed by atoms with Crippen molar-refractivity contribution in [3.05, 3.63) is 47.7 Å². The average molecular weight is 481 g/mol. The fraction of sp³-hybridized carbons (Fsp3) is 0.480. The summed E-state index contributed by atoms with van der Waals surface area (Å²) in [6.07, 6.45) is 4.68. The van der Waals surface area contributed by atoms with Crippen molar-refractivity contribution >= 4 is 11.8 Å². The molecule has 1 atom stereocenters. The molecule has 0 radical (unpaired) electrons. The number of hydrogen-bond acceptors (Lipinski definition) is 7. The Balaban J connectivity index is 1.53. The molecule has 2 aromatic heterocycles. The third-order valence-corrected chi connectivity index (χ3v) is 6.29. The van der Waals surface area contributed by atoms with Gasteiger partial charge in [0.25, 0.3) is 0 Å². The number of hydrogen-bond donors (Lipinski definition) is 1. The standard InChI is InChI=1S/C25H32N6O4/c1-4-21(25(33)26-19-7-5-6-8-19)30(15-18-10-12-20(34-3)13-11-18)23(32)16-31-28-24(27-29-31)22-14-9-17(2)35-22/h9-14,19,21H,4-8,15-16H2,1-3H3,(H,26,33). The molecule has 4 rings (SSSR count). The number of amides is 2. The second-order valence-corrected chi connectivity index (χ2v) is 8.84. The van der Waals surface area contributed by atoms with Crippen molar-refractivity contribution in [3.63, 3.8) is 0 Å². The van der Waals surface area contributed by atoms with Gasteiger partial charge in [-0.2, -0.15) is 4.80 Å². The van der Waals surface area contributed by atoms with Crippen molar-refractivity contribution in [2.75, 3.05) is 7.11 Å². The highest BCUT2D eigenvalue weighted by atomic mass is 16.5. The number of tetrazole rings is 1. The molecule has 186 valence electrons. The van der Waals surface area contributed by atoms with Crippen molar-refractivity contribution in [2.45, 2.75) is 71.1 Å². The largest absolute Gasteiger partial charge is 0.497 e. The first kappa shape index (κ1) is 24.4. The van der Waals surface area contributed by atoms with E-state index in [2.05, 4.69) is 20.7 Å². The van der Waals surface area contributed by atoms with E-state index in [0.717, 1.165) is 42.8 Å². The molecule has 1 unspecified atom stereocenters. The number of carbonyl (C=O) groups excluding carboxylic acids is 2. The van der Waals surface area contributed by atoms with E-state index in [1.165, 1.54) is 4.80 Å². The molecule has 2 heterocycles. The predicted molar refractivity (Wildman–Crippen MR) is 128 cm³/mol. The van der Waals surface area contributed by atoms with E-state index in [1.54, 1.807) is 18.1 Å². The number of furan rings is 1. The summed E-state index contributed by atoms with van der Waals surface area (Å²) in [5.74, 6) is 1.85. The van der Waals surface area contributed by atoms with Crippen LogP contribution < -0.4 is 10.1 Å². The molecule has 10 nitrogen and oxygen atoms in total. The summed E-state index contributed by atoms with van der Waals surface area (Å²) in [6, 6.07) is 10.6. The number of aromatic nitrogens is 4. The lowest BCUT2D eigenvalue weighted by molar-refractivity contribution is -0.142. The van der Waals surface area contributed by atoms with Gasteiger partial charge in [-0.1, -0.05) is 31.9 Å². The van der Waals surface area contributed by atoms with Gasteiger partial charge < -0.3 is 19.4 Å². The minimum Gasteiger partial charge on any atom is -0.497 e. The maximum absolute atomic E-state index is 13.5. The summed E-state index contributed by atoms with van der Waals surface area (Å²) in [7, 11) is 1.61. The van der Waals surface area contributed by atoms with Crippen molar-refractivity contribution in [3.8, 4) is 17.3 Å². The van der Waals surface area contributed by atoms with Crippen LogP contribution in [0.5, 0.6) is 5.75 Å². The Labute approximate surface area is 204 Å². The summed E-state index contributed by atoms with van der Waals surface area (Å²) in [5, 5.41) is 15.5. The Morgan fingerprint density at radius 1 is 1.20 bits per heavy atom. The molecular formula is C25H32N6O4. The summed E-state index contributed by atoms with van der Waals surface area (Å²) in [5.41, 5.74) is 0.893. The Morgan fingerprint density at radius 3 is 2.57 bits per heavy atom. The van der Waals surface area contributed by atoms with Crippen LogP contribution in [0.25, 0.3) is 11.6 Å². The smallest absolute Gasteiger partial charge is 0.247 e. The number of benzene rings is 1. The number of methoxy groups -OCH3 is 1. The van der Waals surface area contributed by atoms with Gasteiger partial charge in [0, 0.05) is 12.6 Å². The summed E-state index contributed by atoms with van der Waals surface area (Å²) >= 11 is 0. The Kier molecular flexibility index (Phi) is 7.79. The zero-order valence-corrected chi connectivity index (χ0v) is 20.4. The lowest BCUT2D eigenvalue weighted by Crippen LogP contribution is -2.51. The minimum absolute atomic E-state index is 0.125.